The van der Waals surface area contributed by atoms with Crippen LogP contribution in [0.25, 0.3) is 0 Å². The number of guanidine groups is 1. The molecule has 0 aromatic heterocycles. The lowest BCUT2D eigenvalue weighted by atomic mass is 10.2. The third kappa shape index (κ3) is 1.28. The van der Waals surface area contributed by atoms with Crippen molar-refractivity contribution in [2.75, 3.05) is 18.8 Å². The molecule has 2 bridgehead atoms. The van der Waals surface area contributed by atoms with Crippen molar-refractivity contribution in [2.24, 2.45) is 10.7 Å². The second kappa shape index (κ2) is 3.17. The summed E-state index contributed by atoms with van der Waals surface area (Å²) in [6, 6.07) is 0.676. The summed E-state index contributed by atoms with van der Waals surface area (Å²) in [5.41, 5.74) is 5.84. The van der Waals surface area contributed by atoms with Crippen LogP contribution >= 0.6 is 11.8 Å². The Bertz CT molecular complexity index is 204. The number of nitrogens with zero attached hydrogens (tertiary/aromatic N) is 2. The second-order valence-electron chi connectivity index (χ2n) is 3.33. The van der Waals surface area contributed by atoms with Gasteiger partial charge in [0.25, 0.3) is 0 Å². The molecule has 2 rings (SSSR count). The number of likely N-dealkylation sites (tertiary alicyclic amines) is 1. The van der Waals surface area contributed by atoms with Gasteiger partial charge in [-0.3, -0.25) is 4.99 Å². The monoisotopic (exact) mass is 185 g/mol. The first-order chi connectivity index (χ1) is 5.81. The molecule has 3 nitrogen and oxygen atoms in total. The number of fused-ring (bicyclic) bond motifs is 2. The molecule has 0 radical (unpaired) electrons. The van der Waals surface area contributed by atoms with E-state index in [0.717, 1.165) is 24.3 Å². The molecule has 68 valence electrons. The Kier molecular flexibility index (Phi) is 2.17. The lowest BCUT2D eigenvalue weighted by molar-refractivity contribution is 0.411. The summed E-state index contributed by atoms with van der Waals surface area (Å²) in [7, 11) is 0. The van der Waals surface area contributed by atoms with Gasteiger partial charge in [0.05, 0.1) is 0 Å². The molecule has 2 aliphatic rings. The molecule has 2 N–H and O–H groups in total. The first-order valence-electron chi connectivity index (χ1n) is 4.49. The fourth-order valence-corrected chi connectivity index (χ4v) is 3.37. The highest BCUT2D eigenvalue weighted by molar-refractivity contribution is 8.00. The Morgan fingerprint density at radius 2 is 2.58 bits per heavy atom. The number of rotatable bonds is 1. The molecule has 0 saturated carbocycles. The van der Waals surface area contributed by atoms with Crippen LogP contribution in [0.15, 0.2) is 4.99 Å². The van der Waals surface area contributed by atoms with E-state index < -0.39 is 0 Å². The van der Waals surface area contributed by atoms with Crippen LogP contribution in [0.3, 0.4) is 0 Å². The summed E-state index contributed by atoms with van der Waals surface area (Å²) in [5.74, 6) is 2.00. The Labute approximate surface area is 77.4 Å². The van der Waals surface area contributed by atoms with Crippen molar-refractivity contribution in [1.82, 2.24) is 4.90 Å². The smallest absolute Gasteiger partial charge is 0.191 e. The zero-order chi connectivity index (χ0) is 8.55. The molecule has 0 aliphatic carbocycles. The van der Waals surface area contributed by atoms with Crippen LogP contribution < -0.4 is 5.73 Å². The lowest BCUT2D eigenvalue weighted by Gasteiger charge is -2.27. The van der Waals surface area contributed by atoms with E-state index in [1.54, 1.807) is 0 Å². The summed E-state index contributed by atoms with van der Waals surface area (Å²) in [5, 5.41) is 0.820. The second-order valence-corrected chi connectivity index (χ2v) is 4.66. The molecule has 2 heterocycles. The summed E-state index contributed by atoms with van der Waals surface area (Å²) in [6.07, 6.45) is 1.31. The van der Waals surface area contributed by atoms with Crippen molar-refractivity contribution in [3.8, 4) is 0 Å². The van der Waals surface area contributed by atoms with Gasteiger partial charge in [-0.1, -0.05) is 0 Å². The van der Waals surface area contributed by atoms with Crippen molar-refractivity contribution in [2.45, 2.75) is 24.6 Å². The summed E-state index contributed by atoms with van der Waals surface area (Å²) in [6.45, 7) is 3.94. The Hall–Kier alpha value is -0.380. The molecule has 2 aliphatic heterocycles. The number of aliphatic imine (C=N–C) groups is 1. The molecule has 0 aromatic carbocycles. The molecule has 2 unspecified atom stereocenters. The van der Waals surface area contributed by atoms with E-state index in [2.05, 4.69) is 21.7 Å². The van der Waals surface area contributed by atoms with Crippen LogP contribution in [0.5, 0.6) is 0 Å². The van der Waals surface area contributed by atoms with Gasteiger partial charge in [0.15, 0.2) is 5.96 Å². The first-order valence-corrected chi connectivity index (χ1v) is 5.54. The molecule has 0 spiro atoms. The maximum atomic E-state index is 5.84. The van der Waals surface area contributed by atoms with Crippen LogP contribution in [-0.4, -0.2) is 41.0 Å². The van der Waals surface area contributed by atoms with E-state index in [4.69, 9.17) is 5.73 Å². The van der Waals surface area contributed by atoms with E-state index in [9.17, 15) is 0 Å². The van der Waals surface area contributed by atoms with Gasteiger partial charge >= 0.3 is 0 Å². The average molecular weight is 185 g/mol. The van der Waals surface area contributed by atoms with Crippen LogP contribution in [0, 0.1) is 0 Å². The third-order valence-electron chi connectivity index (χ3n) is 2.51. The van der Waals surface area contributed by atoms with Crippen molar-refractivity contribution in [1.29, 1.82) is 0 Å². The van der Waals surface area contributed by atoms with Crippen molar-refractivity contribution < 1.29 is 0 Å². The first kappa shape index (κ1) is 8.23. The van der Waals surface area contributed by atoms with E-state index in [1.165, 1.54) is 12.2 Å². The molecule has 0 amide bonds. The molecule has 2 saturated heterocycles. The van der Waals surface area contributed by atoms with Gasteiger partial charge < -0.3 is 10.6 Å². The molecule has 2 fully saturated rings. The van der Waals surface area contributed by atoms with E-state index in [0.29, 0.717) is 6.04 Å². The zero-order valence-corrected chi connectivity index (χ0v) is 8.18. The van der Waals surface area contributed by atoms with Crippen LogP contribution in [0.2, 0.25) is 0 Å². The highest BCUT2D eigenvalue weighted by atomic mass is 32.2. The Morgan fingerprint density at radius 1 is 1.75 bits per heavy atom. The van der Waals surface area contributed by atoms with Gasteiger partial charge in [0.2, 0.25) is 0 Å². The van der Waals surface area contributed by atoms with Crippen molar-refractivity contribution in [3.05, 3.63) is 0 Å². The van der Waals surface area contributed by atoms with Gasteiger partial charge in [-0.25, -0.2) is 0 Å². The van der Waals surface area contributed by atoms with Gasteiger partial charge in [-0.15, -0.1) is 0 Å². The molecule has 2 atom stereocenters. The minimum absolute atomic E-state index is 0.676. The lowest BCUT2D eigenvalue weighted by Crippen LogP contribution is -2.43. The Morgan fingerprint density at radius 3 is 3.08 bits per heavy atom. The van der Waals surface area contributed by atoms with Crippen LogP contribution in [0.1, 0.15) is 13.3 Å². The zero-order valence-electron chi connectivity index (χ0n) is 7.36. The van der Waals surface area contributed by atoms with Crippen LogP contribution in [-0.2, 0) is 0 Å². The number of thioether (sulfide) groups is 1. The summed E-state index contributed by atoms with van der Waals surface area (Å²) in [4.78, 5) is 6.50. The Balaban J connectivity index is 2.02. The summed E-state index contributed by atoms with van der Waals surface area (Å²) >= 11 is 2.08. The summed E-state index contributed by atoms with van der Waals surface area (Å²) < 4.78 is 0. The average Bonchev–Trinajstić information content (AvgIpc) is 2.64. The van der Waals surface area contributed by atoms with Crippen molar-refractivity contribution in [3.63, 3.8) is 0 Å². The quantitative estimate of drug-likeness (QED) is 0.478. The van der Waals surface area contributed by atoms with E-state index >= 15 is 0 Å². The highest BCUT2D eigenvalue weighted by Gasteiger charge is 2.39. The fourth-order valence-electron chi connectivity index (χ4n) is 1.93. The predicted octanol–water partition coefficient (Wildman–Crippen LogP) is 0.511. The van der Waals surface area contributed by atoms with Gasteiger partial charge in [0, 0.05) is 30.1 Å². The van der Waals surface area contributed by atoms with E-state index in [-0.39, 0.29) is 0 Å². The normalized spacial score (nSPS) is 34.8. The van der Waals surface area contributed by atoms with Crippen molar-refractivity contribution >= 4 is 17.7 Å². The van der Waals surface area contributed by atoms with Crippen LogP contribution in [0.4, 0.5) is 0 Å². The number of hydrogen-bond acceptors (Lipinski definition) is 2. The third-order valence-corrected chi connectivity index (χ3v) is 3.90. The number of hydrogen-bond donors (Lipinski definition) is 1. The standard InChI is InChI=1S/C8H15N3S/c1-2-10-8(9)11-4-7-3-6(11)5-12-7/h6-7H,2-5H2,1H3,(H2,9,10). The predicted molar refractivity (Wildman–Crippen MR) is 53.5 cm³/mol. The minimum atomic E-state index is 0.676. The topological polar surface area (TPSA) is 41.6 Å². The molecular weight excluding hydrogens is 170 g/mol. The maximum absolute atomic E-state index is 5.84. The van der Waals surface area contributed by atoms with Gasteiger partial charge in [-0.05, 0) is 13.3 Å². The molecule has 0 aromatic rings. The SMILES string of the molecule is CCN=C(N)N1CC2CC1CS2. The molecule has 4 heteroatoms. The largest absolute Gasteiger partial charge is 0.370 e. The fraction of sp³-hybridized carbons (Fsp3) is 0.875. The highest BCUT2D eigenvalue weighted by Crippen LogP contribution is 2.36. The number of nitrogens with two attached hydrogens (primary N) is 1. The molecular formula is C8H15N3S. The maximum Gasteiger partial charge on any atom is 0.191 e. The van der Waals surface area contributed by atoms with Gasteiger partial charge in [-0.2, -0.15) is 11.8 Å². The molecule has 12 heavy (non-hydrogen) atoms. The van der Waals surface area contributed by atoms with Gasteiger partial charge in [0.1, 0.15) is 0 Å². The van der Waals surface area contributed by atoms with E-state index in [1.807, 2.05) is 6.92 Å². The minimum Gasteiger partial charge on any atom is -0.370 e.